The highest BCUT2D eigenvalue weighted by Crippen LogP contribution is 2.45. The van der Waals surface area contributed by atoms with Gasteiger partial charge in [0, 0.05) is 18.2 Å². The topological polar surface area (TPSA) is 73.3 Å². The molecular weight excluding hydrogens is 555 g/mol. The Kier molecular flexibility index (Phi) is 6.73. The van der Waals surface area contributed by atoms with Gasteiger partial charge in [-0.2, -0.15) is 0 Å². The molecule has 178 valence electrons. The molecule has 0 amide bonds. The number of nitrogens with one attached hydrogen (secondary N) is 1. The molecule has 1 aliphatic rings. The Labute approximate surface area is 216 Å². The summed E-state index contributed by atoms with van der Waals surface area (Å²) in [5.41, 5.74) is 1.57. The first kappa shape index (κ1) is 23.7. The van der Waals surface area contributed by atoms with Crippen molar-refractivity contribution in [1.82, 2.24) is 9.55 Å². The Bertz CT molecular complexity index is 1310. The van der Waals surface area contributed by atoms with Gasteiger partial charge in [-0.3, -0.25) is 14.3 Å². The normalized spacial score (nSPS) is 20.1. The van der Waals surface area contributed by atoms with Crippen molar-refractivity contribution in [3.8, 4) is 0 Å². The van der Waals surface area contributed by atoms with Crippen molar-refractivity contribution in [2.75, 3.05) is 0 Å². The summed E-state index contributed by atoms with van der Waals surface area (Å²) in [4.78, 5) is 26.8. The molecule has 3 aromatic carbocycles. The van der Waals surface area contributed by atoms with Crippen molar-refractivity contribution in [3.05, 3.63) is 140 Å². The van der Waals surface area contributed by atoms with Crippen molar-refractivity contribution in [2.45, 2.75) is 35.4 Å². The van der Waals surface area contributed by atoms with E-state index in [2.05, 4.69) is 64.0 Å². The number of nitrogens with zero attached hydrogens (tertiary/aromatic N) is 1. The molecule has 7 heteroatoms. The van der Waals surface area contributed by atoms with Gasteiger partial charge in [-0.15, -0.1) is 0 Å². The zero-order valence-electron chi connectivity index (χ0n) is 19.1. The zero-order chi connectivity index (χ0) is 24.4. The number of hydrogen-bond acceptors (Lipinski definition) is 4. The standard InChI is InChI=1S/C28H25IN2O4/c1-19-18-31(27(33)30-25(19)32)24-17-23(29)26(34-24)35-28(20-11-5-2-6-12-20,21-13-7-3-8-14-21)22-15-9-4-10-16-22/h2-16,18,23-24,26H,17H2,1H3,(H,30,32,33)/t23-,24+,26+/m0/s1. The van der Waals surface area contributed by atoms with E-state index in [-0.39, 0.29) is 9.48 Å². The van der Waals surface area contributed by atoms with Crippen LogP contribution in [-0.4, -0.2) is 19.8 Å². The summed E-state index contributed by atoms with van der Waals surface area (Å²) in [6.45, 7) is 1.67. The van der Waals surface area contributed by atoms with Crippen molar-refractivity contribution >= 4 is 22.6 Å². The fourth-order valence-electron chi connectivity index (χ4n) is 4.58. The van der Waals surface area contributed by atoms with Crippen molar-refractivity contribution < 1.29 is 9.47 Å². The maximum absolute atomic E-state index is 12.5. The van der Waals surface area contributed by atoms with Crippen LogP contribution in [0.15, 0.2) is 107 Å². The summed E-state index contributed by atoms with van der Waals surface area (Å²) < 4.78 is 14.8. The van der Waals surface area contributed by atoms with Crippen LogP contribution in [0.4, 0.5) is 0 Å². The summed E-state index contributed by atoms with van der Waals surface area (Å²) in [5.74, 6) is 0. The number of aromatic amines is 1. The minimum Gasteiger partial charge on any atom is -0.331 e. The highest BCUT2D eigenvalue weighted by Gasteiger charge is 2.45. The Balaban J connectivity index is 1.60. The molecule has 0 spiro atoms. The summed E-state index contributed by atoms with van der Waals surface area (Å²) in [7, 11) is 0. The molecule has 3 atom stereocenters. The first-order chi connectivity index (χ1) is 17.0. The lowest BCUT2D eigenvalue weighted by atomic mass is 9.80. The Morgan fingerprint density at radius 3 is 1.86 bits per heavy atom. The van der Waals surface area contributed by atoms with Gasteiger partial charge in [-0.1, -0.05) is 114 Å². The zero-order valence-corrected chi connectivity index (χ0v) is 21.3. The average Bonchev–Trinajstić information content (AvgIpc) is 3.25. The molecule has 1 saturated heterocycles. The molecule has 1 aromatic heterocycles. The number of benzene rings is 3. The van der Waals surface area contributed by atoms with Gasteiger partial charge in [-0.05, 0) is 23.6 Å². The van der Waals surface area contributed by atoms with E-state index in [0.717, 1.165) is 16.7 Å². The van der Waals surface area contributed by atoms with Crippen LogP contribution < -0.4 is 11.2 Å². The van der Waals surface area contributed by atoms with Crippen LogP contribution in [0.1, 0.15) is 34.9 Å². The predicted octanol–water partition coefficient (Wildman–Crippen LogP) is 4.90. The van der Waals surface area contributed by atoms with E-state index in [1.54, 1.807) is 13.1 Å². The van der Waals surface area contributed by atoms with Gasteiger partial charge in [-0.25, -0.2) is 4.79 Å². The highest BCUT2D eigenvalue weighted by molar-refractivity contribution is 14.1. The Hall–Kier alpha value is -3.01. The maximum atomic E-state index is 12.5. The largest absolute Gasteiger partial charge is 0.331 e. The first-order valence-electron chi connectivity index (χ1n) is 11.4. The fraction of sp³-hybridized carbons (Fsp3) is 0.214. The molecule has 4 aromatic rings. The van der Waals surface area contributed by atoms with Gasteiger partial charge in [0.1, 0.15) is 11.8 Å². The number of H-pyrrole nitrogens is 1. The van der Waals surface area contributed by atoms with Crippen LogP contribution in [0.2, 0.25) is 0 Å². The molecule has 0 unspecified atom stereocenters. The van der Waals surface area contributed by atoms with Gasteiger partial charge < -0.3 is 9.47 Å². The van der Waals surface area contributed by atoms with Crippen LogP contribution in [0.25, 0.3) is 0 Å². The third-order valence-electron chi connectivity index (χ3n) is 6.30. The number of aryl methyl sites for hydroxylation is 1. The minimum atomic E-state index is -0.932. The van der Waals surface area contributed by atoms with Gasteiger partial charge in [0.25, 0.3) is 5.56 Å². The van der Waals surface area contributed by atoms with E-state index in [1.807, 2.05) is 54.6 Å². The van der Waals surface area contributed by atoms with E-state index in [9.17, 15) is 9.59 Å². The molecule has 1 N–H and O–H groups in total. The second kappa shape index (κ2) is 9.93. The smallest absolute Gasteiger partial charge is 0.330 e. The van der Waals surface area contributed by atoms with E-state index in [4.69, 9.17) is 9.47 Å². The molecule has 0 bridgehead atoms. The average molecular weight is 580 g/mol. The minimum absolute atomic E-state index is 0.0350. The van der Waals surface area contributed by atoms with E-state index in [1.165, 1.54) is 4.57 Å². The lowest BCUT2D eigenvalue weighted by Crippen LogP contribution is -2.39. The fourth-order valence-corrected chi connectivity index (χ4v) is 5.33. The summed E-state index contributed by atoms with van der Waals surface area (Å²) >= 11 is 2.32. The first-order valence-corrected chi connectivity index (χ1v) is 12.7. The molecule has 5 rings (SSSR count). The molecule has 0 radical (unpaired) electrons. The maximum Gasteiger partial charge on any atom is 0.330 e. The van der Waals surface area contributed by atoms with Crippen LogP contribution in [0.3, 0.4) is 0 Å². The monoisotopic (exact) mass is 580 g/mol. The van der Waals surface area contributed by atoms with Gasteiger partial charge in [0.05, 0.1) is 3.92 Å². The number of alkyl halides is 1. The van der Waals surface area contributed by atoms with Crippen LogP contribution in [0.5, 0.6) is 0 Å². The molecular formula is C28H25IN2O4. The molecule has 0 saturated carbocycles. The molecule has 35 heavy (non-hydrogen) atoms. The highest BCUT2D eigenvalue weighted by atomic mass is 127. The summed E-state index contributed by atoms with van der Waals surface area (Å²) in [5, 5.41) is 0. The van der Waals surface area contributed by atoms with Gasteiger partial charge in [0.2, 0.25) is 0 Å². The lowest BCUT2D eigenvalue weighted by Gasteiger charge is -2.38. The Morgan fingerprint density at radius 2 is 1.37 bits per heavy atom. The van der Waals surface area contributed by atoms with Crippen LogP contribution in [0, 0.1) is 6.92 Å². The van der Waals surface area contributed by atoms with Crippen LogP contribution in [-0.2, 0) is 15.1 Å². The van der Waals surface area contributed by atoms with E-state index >= 15 is 0 Å². The molecule has 6 nitrogen and oxygen atoms in total. The third-order valence-corrected chi connectivity index (χ3v) is 7.40. The van der Waals surface area contributed by atoms with Crippen molar-refractivity contribution in [1.29, 1.82) is 0 Å². The summed E-state index contributed by atoms with van der Waals surface area (Å²) in [6.07, 6.45) is 0.951. The Morgan fingerprint density at radius 1 is 0.886 bits per heavy atom. The number of aromatic nitrogens is 2. The number of halogens is 1. The SMILES string of the molecule is Cc1cn([C@H]2C[C@H](I)[C@@H](OC(c3ccccc3)(c3ccccc3)c3ccccc3)O2)c(=O)[nH]c1=O. The quantitative estimate of drug-likeness (QED) is 0.200. The number of rotatable bonds is 6. The second-order valence-corrected chi connectivity index (χ2v) is 10.2. The van der Waals surface area contributed by atoms with Gasteiger partial charge in [0.15, 0.2) is 6.29 Å². The van der Waals surface area contributed by atoms with E-state index < -0.39 is 23.8 Å². The van der Waals surface area contributed by atoms with E-state index in [0.29, 0.717) is 12.0 Å². The number of hydrogen-bond donors (Lipinski definition) is 1. The molecule has 1 aliphatic heterocycles. The predicted molar refractivity (Wildman–Crippen MR) is 143 cm³/mol. The molecule has 1 fully saturated rings. The second-order valence-electron chi connectivity index (χ2n) is 8.59. The lowest BCUT2D eigenvalue weighted by molar-refractivity contribution is -0.190. The van der Waals surface area contributed by atoms with Crippen molar-refractivity contribution in [2.24, 2.45) is 0 Å². The van der Waals surface area contributed by atoms with Crippen LogP contribution >= 0.6 is 22.6 Å². The third kappa shape index (κ3) is 4.51. The van der Waals surface area contributed by atoms with Crippen molar-refractivity contribution in [3.63, 3.8) is 0 Å². The molecule has 0 aliphatic carbocycles. The number of ether oxygens (including phenoxy) is 2. The van der Waals surface area contributed by atoms with Gasteiger partial charge >= 0.3 is 5.69 Å². The molecule has 2 heterocycles. The summed E-state index contributed by atoms with van der Waals surface area (Å²) in [6, 6.07) is 30.3.